The van der Waals surface area contributed by atoms with Crippen molar-refractivity contribution in [3.05, 3.63) is 23.8 Å². The van der Waals surface area contributed by atoms with E-state index < -0.39 is 25.9 Å². The fourth-order valence-electron chi connectivity index (χ4n) is 2.28. The highest BCUT2D eigenvalue weighted by molar-refractivity contribution is 7.92. The summed E-state index contributed by atoms with van der Waals surface area (Å²) in [4.78, 5) is 0.118. The molecule has 1 fully saturated rings. The van der Waals surface area contributed by atoms with Crippen molar-refractivity contribution in [1.29, 1.82) is 0 Å². The molecule has 1 aliphatic heterocycles. The van der Waals surface area contributed by atoms with Crippen LogP contribution in [0.15, 0.2) is 23.1 Å². The van der Waals surface area contributed by atoms with Crippen LogP contribution in [0.5, 0.6) is 5.75 Å². The molecule has 1 atom stereocenters. The highest BCUT2D eigenvalue weighted by atomic mass is 32.2. The molecular weight excluding hydrogens is 314 g/mol. The Bertz CT molecular complexity index is 725. The van der Waals surface area contributed by atoms with Crippen LogP contribution in [0.25, 0.3) is 0 Å². The SMILES string of the molecule is CCOc1ccc(S(=O)(=O)NC2CCS(=O)(=O)C2)cc1C. The molecule has 0 aromatic heterocycles. The predicted octanol–water partition coefficient (Wildman–Crippen LogP) is 0.859. The van der Waals surface area contributed by atoms with Crippen LogP contribution in [0.1, 0.15) is 18.9 Å². The van der Waals surface area contributed by atoms with Gasteiger partial charge in [-0.15, -0.1) is 0 Å². The molecule has 0 saturated carbocycles. The average molecular weight is 333 g/mol. The van der Waals surface area contributed by atoms with Gasteiger partial charge in [0.05, 0.1) is 23.0 Å². The molecule has 1 aromatic carbocycles. The molecule has 0 bridgehead atoms. The van der Waals surface area contributed by atoms with Crippen LogP contribution >= 0.6 is 0 Å². The second-order valence-electron chi connectivity index (χ2n) is 5.08. The maximum absolute atomic E-state index is 12.3. The van der Waals surface area contributed by atoms with Crippen molar-refractivity contribution in [2.24, 2.45) is 0 Å². The topological polar surface area (TPSA) is 89.5 Å². The molecule has 1 aromatic rings. The monoisotopic (exact) mass is 333 g/mol. The summed E-state index contributed by atoms with van der Waals surface area (Å²) >= 11 is 0. The molecule has 1 N–H and O–H groups in total. The Morgan fingerprint density at radius 1 is 1.38 bits per heavy atom. The van der Waals surface area contributed by atoms with Crippen LogP contribution in [-0.2, 0) is 19.9 Å². The summed E-state index contributed by atoms with van der Waals surface area (Å²) in [5, 5.41) is 0. The minimum Gasteiger partial charge on any atom is -0.494 e. The highest BCUT2D eigenvalue weighted by Gasteiger charge is 2.31. The smallest absolute Gasteiger partial charge is 0.240 e. The van der Waals surface area contributed by atoms with Gasteiger partial charge in [0.1, 0.15) is 5.75 Å². The van der Waals surface area contributed by atoms with E-state index >= 15 is 0 Å². The second-order valence-corrected chi connectivity index (χ2v) is 9.02. The Morgan fingerprint density at radius 2 is 2.10 bits per heavy atom. The summed E-state index contributed by atoms with van der Waals surface area (Å²) in [5.74, 6) is 0.532. The average Bonchev–Trinajstić information content (AvgIpc) is 2.70. The Balaban J connectivity index is 2.18. The highest BCUT2D eigenvalue weighted by Crippen LogP contribution is 2.22. The molecule has 0 spiro atoms. The maximum Gasteiger partial charge on any atom is 0.240 e. The predicted molar refractivity (Wildman–Crippen MR) is 79.7 cm³/mol. The third kappa shape index (κ3) is 3.96. The normalized spacial score (nSPS) is 21.3. The Kier molecular flexibility index (Phi) is 4.60. The summed E-state index contributed by atoms with van der Waals surface area (Å²) in [7, 11) is -6.84. The largest absolute Gasteiger partial charge is 0.494 e. The van der Waals surface area contributed by atoms with Gasteiger partial charge >= 0.3 is 0 Å². The molecule has 1 unspecified atom stereocenters. The van der Waals surface area contributed by atoms with Crippen molar-refractivity contribution in [1.82, 2.24) is 4.72 Å². The van der Waals surface area contributed by atoms with E-state index in [1.165, 1.54) is 12.1 Å². The first-order valence-corrected chi connectivity index (χ1v) is 10.00. The van der Waals surface area contributed by atoms with E-state index in [2.05, 4.69) is 4.72 Å². The number of benzene rings is 1. The first-order valence-electron chi connectivity index (χ1n) is 6.70. The lowest BCUT2D eigenvalue weighted by atomic mass is 10.2. The molecule has 0 amide bonds. The van der Waals surface area contributed by atoms with Crippen LogP contribution in [0.3, 0.4) is 0 Å². The van der Waals surface area contributed by atoms with Gasteiger partial charge in [-0.3, -0.25) is 0 Å². The van der Waals surface area contributed by atoms with Gasteiger partial charge in [-0.25, -0.2) is 21.6 Å². The summed E-state index contributed by atoms with van der Waals surface area (Å²) in [6.45, 7) is 4.13. The molecule has 1 aliphatic rings. The number of ether oxygens (including phenoxy) is 1. The molecule has 0 radical (unpaired) electrons. The standard InChI is InChI=1S/C13H19NO5S2/c1-3-19-13-5-4-12(8-10(13)2)21(17,18)14-11-6-7-20(15,16)9-11/h4-5,8,11,14H,3,6-7,9H2,1-2H3. The summed E-state index contributed by atoms with van der Waals surface area (Å²) in [5.41, 5.74) is 0.721. The summed E-state index contributed by atoms with van der Waals surface area (Å²) in [6.07, 6.45) is 0.317. The lowest BCUT2D eigenvalue weighted by molar-refractivity contribution is 0.337. The molecule has 8 heteroatoms. The third-order valence-electron chi connectivity index (χ3n) is 3.31. The quantitative estimate of drug-likeness (QED) is 0.863. The summed E-state index contributed by atoms with van der Waals surface area (Å²) < 4.78 is 55.1. The molecule has 21 heavy (non-hydrogen) atoms. The number of hydrogen-bond donors (Lipinski definition) is 1. The number of hydrogen-bond acceptors (Lipinski definition) is 5. The van der Waals surface area contributed by atoms with Gasteiger partial charge in [0.2, 0.25) is 10.0 Å². The summed E-state index contributed by atoms with van der Waals surface area (Å²) in [6, 6.07) is 4.05. The van der Waals surface area contributed by atoms with Gasteiger partial charge in [-0.05, 0) is 44.0 Å². The fourth-order valence-corrected chi connectivity index (χ4v) is 5.42. The van der Waals surface area contributed by atoms with Crippen LogP contribution in [0.2, 0.25) is 0 Å². The third-order valence-corrected chi connectivity index (χ3v) is 6.60. The van der Waals surface area contributed by atoms with Crippen LogP contribution in [-0.4, -0.2) is 41.0 Å². The van der Waals surface area contributed by atoms with Crippen molar-refractivity contribution in [2.75, 3.05) is 18.1 Å². The van der Waals surface area contributed by atoms with Crippen LogP contribution in [0.4, 0.5) is 0 Å². The molecule has 0 aliphatic carbocycles. The van der Waals surface area contributed by atoms with E-state index in [1.807, 2.05) is 6.92 Å². The van der Waals surface area contributed by atoms with Gasteiger partial charge < -0.3 is 4.74 Å². The van der Waals surface area contributed by atoms with E-state index in [4.69, 9.17) is 4.74 Å². The fraction of sp³-hybridized carbons (Fsp3) is 0.538. The first-order chi connectivity index (χ1) is 9.73. The van der Waals surface area contributed by atoms with E-state index in [1.54, 1.807) is 13.0 Å². The number of aryl methyl sites for hydroxylation is 1. The lowest BCUT2D eigenvalue weighted by Gasteiger charge is -2.13. The van der Waals surface area contributed by atoms with Crippen molar-refractivity contribution in [2.45, 2.75) is 31.2 Å². The van der Waals surface area contributed by atoms with Crippen molar-refractivity contribution >= 4 is 19.9 Å². The molecule has 118 valence electrons. The van der Waals surface area contributed by atoms with Crippen molar-refractivity contribution in [3.63, 3.8) is 0 Å². The maximum atomic E-state index is 12.3. The van der Waals surface area contributed by atoms with Gasteiger partial charge in [-0.1, -0.05) is 0 Å². The lowest BCUT2D eigenvalue weighted by Crippen LogP contribution is -2.35. The van der Waals surface area contributed by atoms with Gasteiger partial charge in [0, 0.05) is 6.04 Å². The van der Waals surface area contributed by atoms with Gasteiger partial charge in [-0.2, -0.15) is 0 Å². The Hall–Kier alpha value is -1.12. The van der Waals surface area contributed by atoms with E-state index in [9.17, 15) is 16.8 Å². The zero-order chi connectivity index (χ0) is 15.7. The minimum atomic E-state index is -3.72. The Labute approximate surface area is 125 Å². The van der Waals surface area contributed by atoms with Crippen LogP contribution in [0, 0.1) is 6.92 Å². The van der Waals surface area contributed by atoms with Gasteiger partial charge in [0.15, 0.2) is 9.84 Å². The number of sulfonamides is 1. The number of sulfone groups is 1. The second kappa shape index (κ2) is 5.94. The van der Waals surface area contributed by atoms with Crippen LogP contribution < -0.4 is 9.46 Å². The molecule has 1 heterocycles. The molecular formula is C13H19NO5S2. The van der Waals surface area contributed by atoms with E-state index in [0.717, 1.165) is 5.56 Å². The minimum absolute atomic E-state index is 0.0303. The molecule has 1 saturated heterocycles. The van der Waals surface area contributed by atoms with Gasteiger partial charge in [0.25, 0.3) is 0 Å². The number of nitrogens with one attached hydrogen (secondary N) is 1. The van der Waals surface area contributed by atoms with Crippen molar-refractivity contribution < 1.29 is 21.6 Å². The van der Waals surface area contributed by atoms with E-state index in [0.29, 0.717) is 18.8 Å². The first kappa shape index (κ1) is 16.3. The zero-order valence-electron chi connectivity index (χ0n) is 12.0. The van der Waals surface area contributed by atoms with E-state index in [-0.39, 0.29) is 16.4 Å². The number of rotatable bonds is 5. The van der Waals surface area contributed by atoms with Crippen molar-refractivity contribution in [3.8, 4) is 5.75 Å². The zero-order valence-corrected chi connectivity index (χ0v) is 13.6. The Morgan fingerprint density at radius 3 is 2.62 bits per heavy atom. The molecule has 2 rings (SSSR count). The molecule has 6 nitrogen and oxygen atoms in total.